The topological polar surface area (TPSA) is 73.3 Å². The monoisotopic (exact) mass is 435 g/mol. The number of hydrogen-bond donors (Lipinski definition) is 0. The number of furan rings is 1. The van der Waals surface area contributed by atoms with E-state index < -0.39 is 21.4 Å². The average molecular weight is 437 g/mol. The number of alkyl halides is 2. The van der Waals surface area contributed by atoms with Crippen LogP contribution in [0.2, 0.25) is 5.02 Å². The zero-order valence-electron chi connectivity index (χ0n) is 10.3. The number of nitrogens with zero attached hydrogens (tertiary/aromatic N) is 1. The molecule has 2 atom stereocenters. The lowest BCUT2D eigenvalue weighted by molar-refractivity contribution is -0.402. The van der Waals surface area contributed by atoms with Gasteiger partial charge in [0.1, 0.15) is 4.92 Å². The second-order valence-electron chi connectivity index (χ2n) is 4.12. The molecule has 0 spiro atoms. The fraction of sp³-hybridized carbons (Fsp3) is 0.154. The molecule has 2 unspecified atom stereocenters. The number of ketones is 1. The Morgan fingerprint density at radius 3 is 2.57 bits per heavy atom. The maximum absolute atomic E-state index is 12.3. The van der Waals surface area contributed by atoms with Gasteiger partial charge in [0.05, 0.1) is 15.7 Å². The first-order valence-corrected chi connectivity index (χ1v) is 7.93. The van der Waals surface area contributed by atoms with Crippen LogP contribution in [-0.4, -0.2) is 15.5 Å². The van der Waals surface area contributed by atoms with Crippen molar-refractivity contribution in [2.45, 2.75) is 9.65 Å². The second-order valence-corrected chi connectivity index (χ2v) is 6.53. The van der Waals surface area contributed by atoms with Crippen LogP contribution in [0.5, 0.6) is 0 Å². The molecule has 0 bridgehead atoms. The Kier molecular flexibility index (Phi) is 5.18. The maximum Gasteiger partial charge on any atom is 0.433 e. The summed E-state index contributed by atoms with van der Waals surface area (Å²) < 4.78 is 4.91. The summed E-state index contributed by atoms with van der Waals surface area (Å²) in [6.07, 6.45) is 0. The summed E-state index contributed by atoms with van der Waals surface area (Å²) in [7, 11) is 0. The van der Waals surface area contributed by atoms with E-state index in [2.05, 4.69) is 31.9 Å². The smallest absolute Gasteiger partial charge is 0.397 e. The largest absolute Gasteiger partial charge is 0.433 e. The van der Waals surface area contributed by atoms with E-state index in [1.165, 1.54) is 6.07 Å². The van der Waals surface area contributed by atoms with Crippen molar-refractivity contribution in [3.8, 4) is 0 Å². The number of carbonyl (C=O) groups excluding carboxylic acids is 1. The van der Waals surface area contributed by atoms with Crippen LogP contribution in [0, 0.1) is 10.1 Å². The quantitative estimate of drug-likeness (QED) is 0.288. The lowest BCUT2D eigenvalue weighted by atomic mass is 10.1. The Morgan fingerprint density at radius 2 is 2.00 bits per heavy atom. The number of rotatable bonds is 5. The van der Waals surface area contributed by atoms with Crippen molar-refractivity contribution in [2.24, 2.45) is 0 Å². The molecular weight excluding hydrogens is 429 g/mol. The van der Waals surface area contributed by atoms with E-state index in [0.29, 0.717) is 5.02 Å². The Bertz CT molecular complexity index is 688. The number of halogens is 3. The zero-order valence-corrected chi connectivity index (χ0v) is 14.3. The van der Waals surface area contributed by atoms with Crippen LogP contribution in [0.25, 0.3) is 0 Å². The zero-order chi connectivity index (χ0) is 15.6. The molecule has 0 N–H and O–H groups in total. The summed E-state index contributed by atoms with van der Waals surface area (Å²) >= 11 is 12.6. The lowest BCUT2D eigenvalue weighted by Gasteiger charge is -2.15. The van der Waals surface area contributed by atoms with Crippen molar-refractivity contribution in [1.82, 2.24) is 0 Å². The fourth-order valence-electron chi connectivity index (χ4n) is 1.67. The minimum atomic E-state index is -0.692. The first kappa shape index (κ1) is 16.2. The predicted octanol–water partition coefficient (Wildman–Crippen LogP) is 4.92. The third-order valence-electron chi connectivity index (χ3n) is 2.69. The third kappa shape index (κ3) is 3.72. The standard InChI is InChI=1S/C13H8Br2ClNO4/c14-11(7-2-1-3-8(16)6-7)12(15)13(18)9-4-5-10(21-9)17(19)20/h1-6,11-12H. The molecule has 21 heavy (non-hydrogen) atoms. The van der Waals surface area contributed by atoms with Gasteiger partial charge in [0, 0.05) is 5.02 Å². The van der Waals surface area contributed by atoms with Crippen LogP contribution in [-0.2, 0) is 0 Å². The molecule has 1 aromatic heterocycles. The van der Waals surface area contributed by atoms with Gasteiger partial charge >= 0.3 is 5.88 Å². The molecule has 0 saturated heterocycles. The van der Waals surface area contributed by atoms with Gasteiger partial charge in [-0.1, -0.05) is 55.6 Å². The van der Waals surface area contributed by atoms with Gasteiger partial charge in [-0.25, -0.2) is 0 Å². The normalized spacial score (nSPS) is 13.7. The first-order chi connectivity index (χ1) is 9.90. The number of benzene rings is 1. The lowest BCUT2D eigenvalue weighted by Crippen LogP contribution is -2.18. The molecule has 0 aliphatic rings. The van der Waals surface area contributed by atoms with Gasteiger partial charge in [-0.3, -0.25) is 14.9 Å². The van der Waals surface area contributed by atoms with Crippen molar-refractivity contribution in [1.29, 1.82) is 0 Å². The average Bonchev–Trinajstić information content (AvgIpc) is 2.95. The van der Waals surface area contributed by atoms with E-state index in [1.54, 1.807) is 18.2 Å². The number of nitro groups is 1. The Labute approximate surface area is 141 Å². The van der Waals surface area contributed by atoms with E-state index in [0.717, 1.165) is 11.6 Å². The molecule has 0 amide bonds. The van der Waals surface area contributed by atoms with Gasteiger partial charge in [0.15, 0.2) is 5.76 Å². The Hall–Kier alpha value is -1.18. The summed E-state index contributed by atoms with van der Waals surface area (Å²) in [4.78, 5) is 21.1. The van der Waals surface area contributed by atoms with Crippen molar-refractivity contribution in [2.75, 3.05) is 0 Å². The molecule has 8 heteroatoms. The second kappa shape index (κ2) is 6.72. The van der Waals surface area contributed by atoms with Crippen molar-refractivity contribution in [3.63, 3.8) is 0 Å². The molecular formula is C13H8Br2ClNO4. The third-order valence-corrected chi connectivity index (χ3v) is 5.64. The van der Waals surface area contributed by atoms with Gasteiger partial charge in [0.2, 0.25) is 5.78 Å². The molecule has 110 valence electrons. The summed E-state index contributed by atoms with van der Waals surface area (Å²) in [5.41, 5.74) is 0.804. The number of carbonyl (C=O) groups is 1. The summed E-state index contributed by atoms with van der Waals surface area (Å²) in [6, 6.07) is 9.48. The molecule has 5 nitrogen and oxygen atoms in total. The minimum Gasteiger partial charge on any atom is -0.397 e. The minimum absolute atomic E-state index is 0.0740. The Balaban J connectivity index is 2.19. The molecule has 0 saturated carbocycles. The molecule has 0 radical (unpaired) electrons. The van der Waals surface area contributed by atoms with Crippen LogP contribution < -0.4 is 0 Å². The summed E-state index contributed by atoms with van der Waals surface area (Å²) in [6.45, 7) is 0. The van der Waals surface area contributed by atoms with Crippen LogP contribution in [0.1, 0.15) is 20.9 Å². The summed E-state index contributed by atoms with van der Waals surface area (Å²) in [5, 5.41) is 11.1. The van der Waals surface area contributed by atoms with E-state index >= 15 is 0 Å². The van der Waals surface area contributed by atoms with E-state index in [-0.39, 0.29) is 10.6 Å². The highest BCUT2D eigenvalue weighted by molar-refractivity contribution is 9.12. The molecule has 0 aliphatic heterocycles. The van der Waals surface area contributed by atoms with Crippen LogP contribution in [0.3, 0.4) is 0 Å². The van der Waals surface area contributed by atoms with Crippen LogP contribution in [0.4, 0.5) is 5.88 Å². The SMILES string of the molecule is O=C(c1ccc([N+](=O)[O-])o1)C(Br)C(Br)c1cccc(Cl)c1. The number of hydrogen-bond acceptors (Lipinski definition) is 4. The molecule has 0 fully saturated rings. The van der Waals surface area contributed by atoms with E-state index in [4.69, 9.17) is 16.0 Å². The van der Waals surface area contributed by atoms with Gasteiger partial charge < -0.3 is 4.42 Å². The highest BCUT2D eigenvalue weighted by atomic mass is 79.9. The van der Waals surface area contributed by atoms with Gasteiger partial charge in [0.25, 0.3) is 0 Å². The van der Waals surface area contributed by atoms with Crippen molar-refractivity contribution >= 4 is 55.1 Å². The molecule has 0 aliphatic carbocycles. The molecule has 2 aromatic rings. The van der Waals surface area contributed by atoms with E-state index in [9.17, 15) is 14.9 Å². The molecule has 2 rings (SSSR count). The van der Waals surface area contributed by atoms with Gasteiger partial charge in [-0.05, 0) is 23.8 Å². The predicted molar refractivity (Wildman–Crippen MR) is 85.5 cm³/mol. The van der Waals surface area contributed by atoms with Gasteiger partial charge in [-0.2, -0.15) is 0 Å². The molecule has 1 aromatic carbocycles. The number of Topliss-reactive ketones (excluding diaryl/α,β-unsaturated/α-hetero) is 1. The Morgan fingerprint density at radius 1 is 1.29 bits per heavy atom. The van der Waals surface area contributed by atoms with Gasteiger partial charge in [-0.15, -0.1) is 0 Å². The van der Waals surface area contributed by atoms with Crippen molar-refractivity contribution < 1.29 is 14.1 Å². The van der Waals surface area contributed by atoms with Crippen LogP contribution in [0.15, 0.2) is 40.8 Å². The van der Waals surface area contributed by atoms with Crippen LogP contribution >= 0.6 is 43.5 Å². The van der Waals surface area contributed by atoms with E-state index in [1.807, 2.05) is 6.07 Å². The maximum atomic E-state index is 12.3. The highest BCUT2D eigenvalue weighted by Crippen LogP contribution is 2.34. The molecule has 1 heterocycles. The highest BCUT2D eigenvalue weighted by Gasteiger charge is 2.29. The van der Waals surface area contributed by atoms with Crippen molar-refractivity contribution in [3.05, 3.63) is 62.9 Å². The first-order valence-electron chi connectivity index (χ1n) is 5.72. The summed E-state index contributed by atoms with van der Waals surface area (Å²) in [5.74, 6) is -0.938. The fourth-order valence-corrected chi connectivity index (χ4v) is 2.93.